The van der Waals surface area contributed by atoms with Gasteiger partial charge in [-0.15, -0.1) is 0 Å². The number of amides is 2. The standard InChI is InChI=1S/C22H34N4O3/c1-16-6-5-7-20(19(16)4)23-21(27)14-24-8-10-25(11-9-24)15-22(28)26-12-17(2)29-18(3)13-26/h5-7,17-18H,8-15H2,1-4H3,(H,23,27)/p+2/t17-,18-/m0/s1. The minimum absolute atomic E-state index is 0.0597. The van der Waals surface area contributed by atoms with Crippen molar-refractivity contribution in [2.24, 2.45) is 0 Å². The molecule has 2 amide bonds. The molecule has 1 aromatic carbocycles. The summed E-state index contributed by atoms with van der Waals surface area (Å²) in [7, 11) is 0. The van der Waals surface area contributed by atoms with E-state index in [1.54, 1.807) is 0 Å². The smallest absolute Gasteiger partial charge is 0.279 e. The third-order valence-corrected chi connectivity index (χ3v) is 6.13. The average Bonchev–Trinajstić information content (AvgIpc) is 2.66. The molecule has 0 saturated carbocycles. The molecule has 160 valence electrons. The second-order valence-electron chi connectivity index (χ2n) is 8.71. The van der Waals surface area contributed by atoms with Gasteiger partial charge < -0.3 is 24.8 Å². The van der Waals surface area contributed by atoms with E-state index in [1.165, 1.54) is 15.4 Å². The van der Waals surface area contributed by atoms with Crippen LogP contribution in [0.5, 0.6) is 0 Å². The second-order valence-corrected chi connectivity index (χ2v) is 8.71. The fourth-order valence-corrected chi connectivity index (χ4v) is 4.33. The lowest BCUT2D eigenvalue weighted by molar-refractivity contribution is -1.00. The number of nitrogens with zero attached hydrogens (tertiary/aromatic N) is 1. The number of rotatable bonds is 5. The van der Waals surface area contributed by atoms with E-state index in [-0.39, 0.29) is 24.0 Å². The molecule has 2 fully saturated rings. The Morgan fingerprint density at radius 3 is 2.24 bits per heavy atom. The number of anilines is 1. The Kier molecular flexibility index (Phi) is 7.27. The van der Waals surface area contributed by atoms with Crippen molar-refractivity contribution < 1.29 is 24.1 Å². The highest BCUT2D eigenvalue weighted by atomic mass is 16.5. The topological polar surface area (TPSA) is 67.5 Å². The van der Waals surface area contributed by atoms with Crippen LogP contribution < -0.4 is 15.1 Å². The molecule has 0 bridgehead atoms. The number of hydrogen-bond acceptors (Lipinski definition) is 3. The molecular weight excluding hydrogens is 368 g/mol. The maximum atomic E-state index is 12.7. The summed E-state index contributed by atoms with van der Waals surface area (Å²) in [6.07, 6.45) is 0.212. The van der Waals surface area contributed by atoms with Gasteiger partial charge in [0.1, 0.15) is 26.2 Å². The Balaban J connectivity index is 1.41. The third kappa shape index (κ3) is 6.01. The van der Waals surface area contributed by atoms with E-state index in [4.69, 9.17) is 4.74 Å². The molecule has 0 spiro atoms. The van der Waals surface area contributed by atoms with Crippen LogP contribution in [0.15, 0.2) is 18.2 Å². The summed E-state index contributed by atoms with van der Waals surface area (Å²) in [5, 5.41) is 3.05. The Hall–Kier alpha value is -1.96. The molecule has 29 heavy (non-hydrogen) atoms. The number of benzene rings is 1. The second kappa shape index (κ2) is 9.69. The first-order chi connectivity index (χ1) is 13.8. The van der Waals surface area contributed by atoms with Crippen molar-refractivity contribution in [3.05, 3.63) is 29.3 Å². The lowest BCUT2D eigenvalue weighted by Crippen LogP contribution is -3.28. The van der Waals surface area contributed by atoms with Gasteiger partial charge in [0, 0.05) is 18.8 Å². The molecule has 0 unspecified atom stereocenters. The van der Waals surface area contributed by atoms with Crippen molar-refractivity contribution in [2.45, 2.75) is 39.9 Å². The van der Waals surface area contributed by atoms with Crippen molar-refractivity contribution in [3.63, 3.8) is 0 Å². The number of ether oxygens (including phenoxy) is 1. The van der Waals surface area contributed by atoms with Crippen molar-refractivity contribution in [3.8, 4) is 0 Å². The van der Waals surface area contributed by atoms with E-state index in [1.807, 2.05) is 37.8 Å². The first-order valence-corrected chi connectivity index (χ1v) is 10.8. The first-order valence-electron chi connectivity index (χ1n) is 10.8. The zero-order valence-corrected chi connectivity index (χ0v) is 18.2. The Morgan fingerprint density at radius 1 is 1.03 bits per heavy atom. The van der Waals surface area contributed by atoms with E-state index in [0.717, 1.165) is 37.4 Å². The quantitative estimate of drug-likeness (QED) is 0.569. The SMILES string of the molecule is Cc1cccc(NC(=O)C[NH+]2CC[NH+](CC(=O)N3C[C@H](C)O[C@@H](C)C3)CC2)c1C. The first kappa shape index (κ1) is 21.7. The summed E-state index contributed by atoms with van der Waals surface area (Å²) in [6, 6.07) is 5.98. The van der Waals surface area contributed by atoms with Crippen LogP contribution >= 0.6 is 0 Å². The Bertz CT molecular complexity index is 721. The predicted octanol–water partition coefficient (Wildman–Crippen LogP) is -1.34. The largest absolute Gasteiger partial charge is 0.372 e. The van der Waals surface area contributed by atoms with Crippen molar-refractivity contribution in [1.29, 1.82) is 0 Å². The zero-order valence-electron chi connectivity index (χ0n) is 18.2. The Morgan fingerprint density at radius 2 is 1.62 bits per heavy atom. The fourth-order valence-electron chi connectivity index (χ4n) is 4.33. The number of nitrogens with one attached hydrogen (secondary N) is 3. The van der Waals surface area contributed by atoms with Crippen LogP contribution in [0.2, 0.25) is 0 Å². The molecule has 0 aromatic heterocycles. The van der Waals surface area contributed by atoms with Gasteiger partial charge in [-0.05, 0) is 44.9 Å². The van der Waals surface area contributed by atoms with Crippen LogP contribution in [0.1, 0.15) is 25.0 Å². The third-order valence-electron chi connectivity index (χ3n) is 6.13. The number of carbonyl (C=O) groups excluding carboxylic acids is 2. The van der Waals surface area contributed by atoms with Crippen molar-refractivity contribution in [2.75, 3.05) is 57.7 Å². The summed E-state index contributed by atoms with van der Waals surface area (Å²) in [4.78, 5) is 29.7. The molecule has 7 nitrogen and oxygen atoms in total. The van der Waals surface area contributed by atoms with Gasteiger partial charge in [0.05, 0.1) is 12.2 Å². The normalized spacial score (nSPS) is 27.5. The van der Waals surface area contributed by atoms with Gasteiger partial charge in [0.15, 0.2) is 13.1 Å². The molecule has 0 aliphatic carbocycles. The van der Waals surface area contributed by atoms with Gasteiger partial charge in [-0.1, -0.05) is 12.1 Å². The maximum Gasteiger partial charge on any atom is 0.279 e. The van der Waals surface area contributed by atoms with Crippen LogP contribution in [0.4, 0.5) is 5.69 Å². The number of hydrogen-bond donors (Lipinski definition) is 3. The fraction of sp³-hybridized carbons (Fsp3) is 0.636. The lowest BCUT2D eigenvalue weighted by Gasteiger charge is -2.36. The summed E-state index contributed by atoms with van der Waals surface area (Å²) in [6.45, 7) is 14.2. The molecule has 2 saturated heterocycles. The predicted molar refractivity (Wildman–Crippen MR) is 112 cm³/mol. The van der Waals surface area contributed by atoms with E-state index in [0.29, 0.717) is 26.2 Å². The number of quaternary nitrogens is 2. The Labute approximate surface area is 174 Å². The summed E-state index contributed by atoms with van der Waals surface area (Å²) < 4.78 is 5.72. The highest BCUT2D eigenvalue weighted by Crippen LogP contribution is 2.17. The molecule has 2 atom stereocenters. The van der Waals surface area contributed by atoms with Gasteiger partial charge in [-0.3, -0.25) is 9.59 Å². The van der Waals surface area contributed by atoms with Gasteiger partial charge >= 0.3 is 0 Å². The summed E-state index contributed by atoms with van der Waals surface area (Å²) in [5.41, 5.74) is 3.20. The molecule has 2 aliphatic rings. The number of carbonyl (C=O) groups is 2. The molecule has 1 aromatic rings. The number of aryl methyl sites for hydroxylation is 1. The molecule has 0 radical (unpaired) electrons. The van der Waals surface area contributed by atoms with E-state index in [9.17, 15) is 9.59 Å². The molecule has 2 aliphatic heterocycles. The van der Waals surface area contributed by atoms with Crippen LogP contribution in [0.25, 0.3) is 0 Å². The van der Waals surface area contributed by atoms with Crippen LogP contribution in [-0.2, 0) is 14.3 Å². The van der Waals surface area contributed by atoms with Crippen molar-refractivity contribution >= 4 is 17.5 Å². The van der Waals surface area contributed by atoms with Gasteiger partial charge in [0.25, 0.3) is 11.8 Å². The lowest BCUT2D eigenvalue weighted by atomic mass is 10.1. The average molecular weight is 405 g/mol. The summed E-state index contributed by atoms with van der Waals surface area (Å²) in [5.74, 6) is 0.280. The molecule has 7 heteroatoms. The minimum atomic E-state index is 0.0597. The minimum Gasteiger partial charge on any atom is -0.372 e. The zero-order chi connectivity index (χ0) is 21.0. The molecular formula is C22H36N4O3+2. The van der Waals surface area contributed by atoms with E-state index >= 15 is 0 Å². The van der Waals surface area contributed by atoms with E-state index < -0.39 is 0 Å². The molecule has 3 rings (SSSR count). The number of morpholine rings is 1. The van der Waals surface area contributed by atoms with Gasteiger partial charge in [-0.25, -0.2) is 0 Å². The highest BCUT2D eigenvalue weighted by Gasteiger charge is 2.31. The molecule has 2 heterocycles. The van der Waals surface area contributed by atoms with Crippen molar-refractivity contribution in [1.82, 2.24) is 4.90 Å². The monoisotopic (exact) mass is 404 g/mol. The summed E-state index contributed by atoms with van der Waals surface area (Å²) >= 11 is 0. The van der Waals surface area contributed by atoms with Crippen LogP contribution in [-0.4, -0.2) is 81.3 Å². The van der Waals surface area contributed by atoms with Crippen LogP contribution in [0.3, 0.4) is 0 Å². The van der Waals surface area contributed by atoms with Gasteiger partial charge in [0.2, 0.25) is 0 Å². The molecule has 3 N–H and O–H groups in total. The number of piperazine rings is 1. The maximum absolute atomic E-state index is 12.7. The van der Waals surface area contributed by atoms with Gasteiger partial charge in [-0.2, -0.15) is 0 Å². The highest BCUT2D eigenvalue weighted by molar-refractivity contribution is 5.92. The van der Waals surface area contributed by atoms with Crippen LogP contribution in [0, 0.1) is 13.8 Å². The van der Waals surface area contributed by atoms with E-state index in [2.05, 4.69) is 18.3 Å².